The van der Waals surface area contributed by atoms with Gasteiger partial charge in [-0.25, -0.2) is 0 Å². The van der Waals surface area contributed by atoms with Crippen molar-refractivity contribution in [3.8, 4) is 17.2 Å². The van der Waals surface area contributed by atoms with Crippen LogP contribution in [0, 0.1) is 0 Å². The van der Waals surface area contributed by atoms with Crippen LogP contribution in [0.4, 0.5) is 0 Å². The highest BCUT2D eigenvalue weighted by Crippen LogP contribution is 2.43. The Bertz CT molecular complexity index is 935. The molecule has 0 saturated heterocycles. The average molecular weight is 424 g/mol. The highest BCUT2D eigenvalue weighted by molar-refractivity contribution is 5.78. The summed E-state index contributed by atoms with van der Waals surface area (Å²) in [6.45, 7) is 1.63. The molecule has 0 aromatic heterocycles. The molecule has 31 heavy (non-hydrogen) atoms. The van der Waals surface area contributed by atoms with Gasteiger partial charge in [-0.05, 0) is 48.2 Å². The van der Waals surface area contributed by atoms with Crippen LogP contribution in [0.2, 0.25) is 0 Å². The quantitative estimate of drug-likeness (QED) is 0.678. The molecule has 7 nitrogen and oxygen atoms in total. The number of rotatable bonds is 8. The van der Waals surface area contributed by atoms with Gasteiger partial charge >= 0.3 is 0 Å². The minimum atomic E-state index is -0.382. The summed E-state index contributed by atoms with van der Waals surface area (Å²) in [5.41, 5.74) is 7.09. The summed E-state index contributed by atoms with van der Waals surface area (Å²) in [6.07, 6.45) is 4.50. The van der Waals surface area contributed by atoms with Crippen molar-refractivity contribution in [2.75, 3.05) is 26.4 Å². The van der Waals surface area contributed by atoms with Crippen molar-refractivity contribution in [3.05, 3.63) is 53.6 Å². The zero-order valence-electron chi connectivity index (χ0n) is 17.5. The summed E-state index contributed by atoms with van der Waals surface area (Å²) >= 11 is 0. The first-order chi connectivity index (χ1) is 15.0. The molecule has 0 atom stereocenters. The first kappa shape index (κ1) is 21.0. The predicted molar refractivity (Wildman–Crippen MR) is 115 cm³/mol. The normalized spacial score (nSPS) is 16.5. The fourth-order valence-electron chi connectivity index (χ4n) is 4.36. The third kappa shape index (κ3) is 5.10. The summed E-state index contributed by atoms with van der Waals surface area (Å²) in [6, 6.07) is 13.1. The molecule has 2 aromatic rings. The zero-order valence-corrected chi connectivity index (χ0v) is 17.5. The molecule has 2 amide bonds. The van der Waals surface area contributed by atoms with Crippen molar-refractivity contribution in [2.45, 2.75) is 37.5 Å². The van der Waals surface area contributed by atoms with Gasteiger partial charge < -0.3 is 25.3 Å². The monoisotopic (exact) mass is 424 g/mol. The Labute approximate surface area is 181 Å². The van der Waals surface area contributed by atoms with E-state index in [9.17, 15) is 9.59 Å². The highest BCUT2D eigenvalue weighted by atomic mass is 16.6. The van der Waals surface area contributed by atoms with Crippen LogP contribution in [0.15, 0.2) is 42.5 Å². The number of primary amides is 1. The van der Waals surface area contributed by atoms with E-state index in [1.807, 2.05) is 6.07 Å². The number of hydrogen-bond donors (Lipinski definition) is 2. The van der Waals surface area contributed by atoms with Crippen LogP contribution >= 0.6 is 0 Å². The number of fused-ring (bicyclic) bond motifs is 1. The van der Waals surface area contributed by atoms with Crippen LogP contribution in [0.1, 0.15) is 36.8 Å². The molecular formula is C24H28N2O5. The average Bonchev–Trinajstić information content (AvgIpc) is 3.27. The van der Waals surface area contributed by atoms with Gasteiger partial charge in [0.25, 0.3) is 5.91 Å². The molecular weight excluding hydrogens is 396 g/mol. The van der Waals surface area contributed by atoms with Gasteiger partial charge in [-0.3, -0.25) is 9.59 Å². The Morgan fingerprint density at radius 2 is 1.71 bits per heavy atom. The molecule has 4 rings (SSSR count). The Kier molecular flexibility index (Phi) is 6.30. The molecule has 7 heteroatoms. The van der Waals surface area contributed by atoms with Crippen LogP contribution in [0.3, 0.4) is 0 Å². The molecule has 2 aliphatic rings. The van der Waals surface area contributed by atoms with E-state index in [1.165, 1.54) is 5.56 Å². The second-order valence-corrected chi connectivity index (χ2v) is 8.20. The Morgan fingerprint density at radius 3 is 2.42 bits per heavy atom. The lowest BCUT2D eigenvalue weighted by Crippen LogP contribution is -2.41. The van der Waals surface area contributed by atoms with Gasteiger partial charge in [0, 0.05) is 12.0 Å². The molecule has 1 fully saturated rings. The van der Waals surface area contributed by atoms with Gasteiger partial charge in [-0.2, -0.15) is 0 Å². The fourth-order valence-corrected chi connectivity index (χ4v) is 4.36. The lowest BCUT2D eigenvalue weighted by molar-refractivity contribution is -0.123. The largest absolute Gasteiger partial charge is 0.486 e. The van der Waals surface area contributed by atoms with Crippen molar-refractivity contribution in [1.29, 1.82) is 0 Å². The van der Waals surface area contributed by atoms with E-state index >= 15 is 0 Å². The summed E-state index contributed by atoms with van der Waals surface area (Å²) in [4.78, 5) is 23.4. The van der Waals surface area contributed by atoms with E-state index in [4.69, 9.17) is 19.9 Å². The smallest absolute Gasteiger partial charge is 0.257 e. The molecule has 3 N–H and O–H groups in total. The second-order valence-electron chi connectivity index (χ2n) is 8.20. The minimum absolute atomic E-state index is 0.0631. The van der Waals surface area contributed by atoms with E-state index in [1.54, 1.807) is 24.3 Å². The summed E-state index contributed by atoms with van der Waals surface area (Å²) in [7, 11) is 0. The van der Waals surface area contributed by atoms with Crippen LogP contribution in [0.5, 0.6) is 17.2 Å². The molecule has 1 heterocycles. The highest BCUT2D eigenvalue weighted by Gasteiger charge is 2.36. The predicted octanol–water partition coefficient (Wildman–Crippen LogP) is 2.49. The van der Waals surface area contributed by atoms with E-state index in [2.05, 4.69) is 17.4 Å². The molecule has 2 aromatic carbocycles. The molecule has 0 spiro atoms. The molecule has 1 aliphatic heterocycles. The van der Waals surface area contributed by atoms with Crippen LogP contribution in [-0.2, 0) is 21.4 Å². The minimum Gasteiger partial charge on any atom is -0.486 e. The number of carbonyl (C=O) groups is 2. The zero-order chi connectivity index (χ0) is 21.7. The Morgan fingerprint density at radius 1 is 1.00 bits per heavy atom. The maximum Gasteiger partial charge on any atom is 0.257 e. The van der Waals surface area contributed by atoms with Crippen LogP contribution in [0.25, 0.3) is 0 Å². The molecule has 0 radical (unpaired) electrons. The number of hydrogen-bond acceptors (Lipinski definition) is 5. The first-order valence-corrected chi connectivity index (χ1v) is 10.7. The second kappa shape index (κ2) is 9.29. The van der Waals surface area contributed by atoms with Gasteiger partial charge in [-0.15, -0.1) is 0 Å². The fraction of sp³-hybridized carbons (Fsp3) is 0.417. The van der Waals surface area contributed by atoms with Gasteiger partial charge in [0.05, 0.1) is 6.42 Å². The first-order valence-electron chi connectivity index (χ1n) is 10.7. The summed E-state index contributed by atoms with van der Waals surface area (Å²) in [5.74, 6) is 1.59. The van der Waals surface area contributed by atoms with E-state index in [0.29, 0.717) is 25.5 Å². The van der Waals surface area contributed by atoms with Crippen molar-refractivity contribution >= 4 is 11.8 Å². The van der Waals surface area contributed by atoms with E-state index in [-0.39, 0.29) is 30.3 Å². The standard InChI is InChI=1S/C24H28N2O5/c25-22(27)13-17-3-6-19(7-4-17)31-15-23(28)26-16-24(9-1-2-10-24)18-5-8-20-21(14-18)30-12-11-29-20/h3-8,14H,1-2,9-13,15-16H2,(H2,25,27)(H,26,28). The third-order valence-corrected chi connectivity index (χ3v) is 6.01. The number of benzene rings is 2. The van der Waals surface area contributed by atoms with Crippen molar-refractivity contribution in [2.24, 2.45) is 5.73 Å². The number of carbonyl (C=O) groups excluding carboxylic acids is 2. The number of nitrogens with two attached hydrogens (primary N) is 1. The maximum atomic E-state index is 12.4. The lowest BCUT2D eigenvalue weighted by atomic mass is 9.78. The summed E-state index contributed by atoms with van der Waals surface area (Å²) in [5, 5.41) is 3.05. The molecule has 164 valence electrons. The van der Waals surface area contributed by atoms with E-state index in [0.717, 1.165) is 42.7 Å². The third-order valence-electron chi connectivity index (χ3n) is 6.01. The van der Waals surface area contributed by atoms with Crippen molar-refractivity contribution in [1.82, 2.24) is 5.32 Å². The maximum absolute atomic E-state index is 12.4. The van der Waals surface area contributed by atoms with Gasteiger partial charge in [0.1, 0.15) is 19.0 Å². The molecule has 1 saturated carbocycles. The number of ether oxygens (including phenoxy) is 3. The van der Waals surface area contributed by atoms with E-state index < -0.39 is 0 Å². The van der Waals surface area contributed by atoms with Crippen molar-refractivity contribution in [3.63, 3.8) is 0 Å². The molecule has 0 bridgehead atoms. The molecule has 1 aliphatic carbocycles. The SMILES string of the molecule is NC(=O)Cc1ccc(OCC(=O)NCC2(c3ccc4c(c3)OCCO4)CCCC2)cc1. The Hall–Kier alpha value is -3.22. The molecule has 0 unspecified atom stereocenters. The topological polar surface area (TPSA) is 99.9 Å². The van der Waals surface area contributed by atoms with Gasteiger partial charge in [0.15, 0.2) is 18.1 Å². The Balaban J connectivity index is 1.34. The number of amides is 2. The van der Waals surface area contributed by atoms with Gasteiger partial charge in [-0.1, -0.05) is 31.0 Å². The van der Waals surface area contributed by atoms with Gasteiger partial charge in [0.2, 0.25) is 5.91 Å². The van der Waals surface area contributed by atoms with Crippen LogP contribution < -0.4 is 25.3 Å². The lowest BCUT2D eigenvalue weighted by Gasteiger charge is -2.31. The van der Waals surface area contributed by atoms with Crippen molar-refractivity contribution < 1.29 is 23.8 Å². The van der Waals surface area contributed by atoms with Crippen LogP contribution in [-0.4, -0.2) is 38.2 Å². The number of nitrogens with one attached hydrogen (secondary N) is 1. The summed E-state index contributed by atoms with van der Waals surface area (Å²) < 4.78 is 17.0.